The average molecular weight is 351 g/mol. The highest BCUT2D eigenvalue weighted by Crippen LogP contribution is 2.32. The van der Waals surface area contributed by atoms with E-state index < -0.39 is 0 Å². The second kappa shape index (κ2) is 6.16. The van der Waals surface area contributed by atoms with Crippen LogP contribution in [0, 0.1) is 5.82 Å². The summed E-state index contributed by atoms with van der Waals surface area (Å²) in [5, 5.41) is 9.94. The number of hydrogen-bond acceptors (Lipinski definition) is 2. The van der Waals surface area contributed by atoms with Crippen LogP contribution < -0.4 is 4.74 Å². The average Bonchev–Trinajstić information content (AvgIpc) is 2.46. The molecule has 0 bridgehead atoms. The first-order valence-electron chi connectivity index (χ1n) is 7.01. The lowest BCUT2D eigenvalue weighted by Gasteiger charge is -2.21. The summed E-state index contributed by atoms with van der Waals surface area (Å²) in [4.78, 5) is 0. The van der Waals surface area contributed by atoms with Gasteiger partial charge in [-0.3, -0.25) is 0 Å². The molecule has 21 heavy (non-hydrogen) atoms. The minimum absolute atomic E-state index is 0.270. The Bertz CT molecular complexity index is 657. The van der Waals surface area contributed by atoms with Crippen LogP contribution in [0.4, 0.5) is 4.39 Å². The van der Waals surface area contributed by atoms with Crippen LogP contribution in [0.1, 0.15) is 35.6 Å². The number of ether oxygens (including phenoxy) is 1. The van der Waals surface area contributed by atoms with E-state index in [1.165, 1.54) is 12.1 Å². The summed E-state index contributed by atoms with van der Waals surface area (Å²) in [6.07, 6.45) is 2.45. The lowest BCUT2D eigenvalue weighted by Crippen LogP contribution is -2.09. The standard InChI is InChI=1S/C17H16BrFO2/c18-16-9-13(19)5-4-12(16)10-21-14-6-7-15-11(8-14)2-1-3-17(15)20/h4-9,17,20H,1-3,10H2. The monoisotopic (exact) mass is 350 g/mol. The van der Waals surface area contributed by atoms with E-state index in [-0.39, 0.29) is 11.9 Å². The second-order valence-electron chi connectivity index (χ2n) is 5.29. The Hall–Kier alpha value is -1.39. The van der Waals surface area contributed by atoms with Crippen molar-refractivity contribution in [3.63, 3.8) is 0 Å². The Morgan fingerprint density at radius 1 is 1.24 bits per heavy atom. The molecule has 4 heteroatoms. The molecule has 0 spiro atoms. The third-order valence-electron chi connectivity index (χ3n) is 3.81. The maximum absolute atomic E-state index is 13.0. The summed E-state index contributed by atoms with van der Waals surface area (Å²) in [5.74, 6) is 0.507. The molecule has 1 unspecified atom stereocenters. The Morgan fingerprint density at radius 3 is 2.90 bits per heavy atom. The van der Waals surface area contributed by atoms with Gasteiger partial charge in [-0.1, -0.05) is 28.1 Å². The van der Waals surface area contributed by atoms with Gasteiger partial charge < -0.3 is 9.84 Å². The Labute approximate surface area is 131 Å². The van der Waals surface area contributed by atoms with Crippen LogP contribution >= 0.6 is 15.9 Å². The number of aliphatic hydroxyl groups excluding tert-OH is 1. The number of aliphatic hydroxyl groups is 1. The van der Waals surface area contributed by atoms with Crippen LogP contribution in [0.5, 0.6) is 5.75 Å². The molecule has 0 saturated heterocycles. The fraction of sp³-hybridized carbons (Fsp3) is 0.294. The highest BCUT2D eigenvalue weighted by Gasteiger charge is 2.18. The molecule has 0 fully saturated rings. The second-order valence-corrected chi connectivity index (χ2v) is 6.15. The summed E-state index contributed by atoms with van der Waals surface area (Å²) >= 11 is 3.34. The van der Waals surface area contributed by atoms with Crippen molar-refractivity contribution in [1.82, 2.24) is 0 Å². The zero-order chi connectivity index (χ0) is 14.8. The number of hydrogen-bond donors (Lipinski definition) is 1. The third-order valence-corrected chi connectivity index (χ3v) is 4.54. The van der Waals surface area contributed by atoms with Gasteiger partial charge in [-0.25, -0.2) is 4.39 Å². The highest BCUT2D eigenvalue weighted by molar-refractivity contribution is 9.10. The molecule has 2 aromatic rings. The van der Waals surface area contributed by atoms with Crippen LogP contribution in [0.3, 0.4) is 0 Å². The van der Waals surface area contributed by atoms with Gasteiger partial charge in [-0.15, -0.1) is 0 Å². The lowest BCUT2D eigenvalue weighted by atomic mass is 9.89. The van der Waals surface area contributed by atoms with Crippen molar-refractivity contribution in [3.05, 3.63) is 63.4 Å². The maximum Gasteiger partial charge on any atom is 0.124 e. The molecule has 0 aromatic heterocycles. The van der Waals surface area contributed by atoms with Crippen molar-refractivity contribution < 1.29 is 14.2 Å². The first-order valence-corrected chi connectivity index (χ1v) is 7.80. The van der Waals surface area contributed by atoms with Gasteiger partial charge >= 0.3 is 0 Å². The van der Waals surface area contributed by atoms with Crippen LogP contribution in [0.25, 0.3) is 0 Å². The van der Waals surface area contributed by atoms with Gasteiger partial charge in [0.15, 0.2) is 0 Å². The molecule has 1 N–H and O–H groups in total. The van der Waals surface area contributed by atoms with Gasteiger partial charge in [0.25, 0.3) is 0 Å². The fourth-order valence-corrected chi connectivity index (χ4v) is 3.12. The van der Waals surface area contributed by atoms with Crippen molar-refractivity contribution in [1.29, 1.82) is 0 Å². The van der Waals surface area contributed by atoms with E-state index in [4.69, 9.17) is 4.74 Å². The van der Waals surface area contributed by atoms with Crippen LogP contribution in [0.15, 0.2) is 40.9 Å². The van der Waals surface area contributed by atoms with Crippen LogP contribution in [-0.4, -0.2) is 5.11 Å². The molecule has 1 aliphatic rings. The number of fused-ring (bicyclic) bond motifs is 1. The molecular weight excluding hydrogens is 335 g/mol. The Morgan fingerprint density at radius 2 is 2.10 bits per heavy atom. The predicted octanol–water partition coefficient (Wildman–Crippen LogP) is 4.54. The van der Waals surface area contributed by atoms with Gasteiger partial charge in [0.2, 0.25) is 0 Å². The molecule has 0 amide bonds. The fourth-order valence-electron chi connectivity index (χ4n) is 2.65. The minimum Gasteiger partial charge on any atom is -0.489 e. The van der Waals surface area contributed by atoms with Gasteiger partial charge in [0.05, 0.1) is 6.10 Å². The minimum atomic E-state index is -0.353. The maximum atomic E-state index is 13.0. The van der Waals surface area contributed by atoms with Crippen molar-refractivity contribution in [3.8, 4) is 5.75 Å². The van der Waals surface area contributed by atoms with E-state index in [2.05, 4.69) is 15.9 Å². The van der Waals surface area contributed by atoms with Gasteiger partial charge in [-0.2, -0.15) is 0 Å². The van der Waals surface area contributed by atoms with E-state index in [9.17, 15) is 9.50 Å². The summed E-state index contributed by atoms with van der Waals surface area (Å²) in [5.41, 5.74) is 3.06. The quantitative estimate of drug-likeness (QED) is 0.880. The SMILES string of the molecule is OC1CCCc2cc(OCc3ccc(F)cc3Br)ccc21. The summed E-state index contributed by atoms with van der Waals surface area (Å²) in [6, 6.07) is 10.4. The van der Waals surface area contributed by atoms with E-state index in [0.29, 0.717) is 11.1 Å². The van der Waals surface area contributed by atoms with Gasteiger partial charge in [0.1, 0.15) is 18.2 Å². The van der Waals surface area contributed by atoms with Crippen molar-refractivity contribution in [2.75, 3.05) is 0 Å². The van der Waals surface area contributed by atoms with E-state index in [1.807, 2.05) is 18.2 Å². The molecule has 110 valence electrons. The Kier molecular flexibility index (Phi) is 4.27. The van der Waals surface area contributed by atoms with E-state index >= 15 is 0 Å². The van der Waals surface area contributed by atoms with E-state index in [1.54, 1.807) is 6.07 Å². The molecule has 0 heterocycles. The number of benzene rings is 2. The van der Waals surface area contributed by atoms with Gasteiger partial charge in [0, 0.05) is 10.0 Å². The molecule has 1 aliphatic carbocycles. The van der Waals surface area contributed by atoms with Crippen LogP contribution in [-0.2, 0) is 13.0 Å². The molecular formula is C17H16BrFO2. The molecule has 3 rings (SSSR count). The van der Waals surface area contributed by atoms with Crippen molar-refractivity contribution in [2.24, 2.45) is 0 Å². The molecule has 2 aromatic carbocycles. The largest absolute Gasteiger partial charge is 0.489 e. The van der Waals surface area contributed by atoms with Crippen molar-refractivity contribution in [2.45, 2.75) is 32.0 Å². The zero-order valence-corrected chi connectivity index (χ0v) is 13.1. The smallest absolute Gasteiger partial charge is 0.124 e. The molecule has 0 aliphatic heterocycles. The number of halogens is 2. The first-order chi connectivity index (χ1) is 10.1. The van der Waals surface area contributed by atoms with Crippen LogP contribution in [0.2, 0.25) is 0 Å². The Balaban J connectivity index is 1.73. The summed E-state index contributed by atoms with van der Waals surface area (Å²) in [7, 11) is 0. The third kappa shape index (κ3) is 3.27. The predicted molar refractivity (Wildman–Crippen MR) is 82.8 cm³/mol. The molecule has 2 nitrogen and oxygen atoms in total. The molecule has 0 saturated carbocycles. The highest BCUT2D eigenvalue weighted by atomic mass is 79.9. The number of aryl methyl sites for hydroxylation is 1. The van der Waals surface area contributed by atoms with Crippen molar-refractivity contribution >= 4 is 15.9 Å². The summed E-state index contributed by atoms with van der Waals surface area (Å²) in [6.45, 7) is 0.377. The summed E-state index contributed by atoms with van der Waals surface area (Å²) < 4.78 is 19.5. The van der Waals surface area contributed by atoms with E-state index in [0.717, 1.165) is 41.7 Å². The number of rotatable bonds is 3. The lowest BCUT2D eigenvalue weighted by molar-refractivity contribution is 0.156. The normalized spacial score (nSPS) is 17.4. The topological polar surface area (TPSA) is 29.5 Å². The van der Waals surface area contributed by atoms with Gasteiger partial charge in [-0.05, 0) is 54.7 Å². The zero-order valence-electron chi connectivity index (χ0n) is 11.5. The molecule has 1 atom stereocenters. The first kappa shape index (κ1) is 14.5. The molecule has 0 radical (unpaired) electrons.